The SMILES string of the molecule is C.Cl.NCc1c(F)c(F)c(CN)c(F)c1F. The Bertz CT molecular complexity index is 307. The van der Waals surface area contributed by atoms with Gasteiger partial charge in [-0.05, 0) is 0 Å². The first-order chi connectivity index (χ1) is 6.54. The third-order valence-corrected chi connectivity index (χ3v) is 1.85. The maximum atomic E-state index is 13.0. The zero-order valence-electron chi connectivity index (χ0n) is 7.49. The van der Waals surface area contributed by atoms with Gasteiger partial charge in [-0.2, -0.15) is 0 Å². The van der Waals surface area contributed by atoms with E-state index in [-0.39, 0.29) is 19.8 Å². The molecule has 4 N–H and O–H groups in total. The van der Waals surface area contributed by atoms with Crippen molar-refractivity contribution in [1.29, 1.82) is 0 Å². The number of halogens is 5. The highest BCUT2D eigenvalue weighted by molar-refractivity contribution is 5.85. The van der Waals surface area contributed by atoms with Gasteiger partial charge in [0.25, 0.3) is 0 Å². The van der Waals surface area contributed by atoms with Crippen LogP contribution in [0.3, 0.4) is 0 Å². The van der Waals surface area contributed by atoms with Crippen LogP contribution in [0, 0.1) is 23.3 Å². The molecular weight excluding hydrogens is 248 g/mol. The third-order valence-electron chi connectivity index (χ3n) is 1.85. The largest absolute Gasteiger partial charge is 0.326 e. The smallest absolute Gasteiger partial charge is 0.166 e. The highest BCUT2D eigenvalue weighted by Crippen LogP contribution is 2.23. The minimum absolute atomic E-state index is 0. The van der Waals surface area contributed by atoms with E-state index in [0.717, 1.165) is 0 Å². The van der Waals surface area contributed by atoms with Crippen LogP contribution >= 0.6 is 12.4 Å². The second-order valence-electron chi connectivity index (χ2n) is 2.62. The van der Waals surface area contributed by atoms with Gasteiger partial charge >= 0.3 is 0 Å². The Balaban J connectivity index is 0. The molecule has 1 rings (SSSR count). The highest BCUT2D eigenvalue weighted by atomic mass is 35.5. The van der Waals surface area contributed by atoms with Crippen molar-refractivity contribution in [2.75, 3.05) is 0 Å². The van der Waals surface area contributed by atoms with Gasteiger partial charge in [0, 0.05) is 24.2 Å². The summed E-state index contributed by atoms with van der Waals surface area (Å²) in [5, 5.41) is 0. The molecule has 1 aromatic rings. The Kier molecular flexibility index (Phi) is 7.32. The lowest BCUT2D eigenvalue weighted by Crippen LogP contribution is -2.14. The maximum absolute atomic E-state index is 13.0. The van der Waals surface area contributed by atoms with Crippen LogP contribution in [0.15, 0.2) is 0 Å². The fourth-order valence-electron chi connectivity index (χ4n) is 1.08. The topological polar surface area (TPSA) is 52.0 Å². The molecule has 16 heavy (non-hydrogen) atoms. The average Bonchev–Trinajstić information content (AvgIpc) is 2.17. The van der Waals surface area contributed by atoms with E-state index in [9.17, 15) is 17.6 Å². The molecule has 0 radical (unpaired) electrons. The Labute approximate surface area is 97.0 Å². The van der Waals surface area contributed by atoms with E-state index in [4.69, 9.17) is 11.5 Å². The molecule has 0 bridgehead atoms. The van der Waals surface area contributed by atoms with Crippen LogP contribution in [0.4, 0.5) is 17.6 Å². The van der Waals surface area contributed by atoms with Gasteiger partial charge in [-0.3, -0.25) is 0 Å². The van der Waals surface area contributed by atoms with Crippen LogP contribution in [-0.4, -0.2) is 0 Å². The summed E-state index contributed by atoms with van der Waals surface area (Å²) in [4.78, 5) is 0. The molecule has 0 spiro atoms. The molecule has 94 valence electrons. The number of nitrogens with two attached hydrogens (primary N) is 2. The van der Waals surface area contributed by atoms with E-state index < -0.39 is 47.5 Å². The fraction of sp³-hybridized carbons (Fsp3) is 0.333. The molecule has 0 aliphatic carbocycles. The average molecular weight is 261 g/mol. The van der Waals surface area contributed by atoms with Crippen LogP contribution in [0.1, 0.15) is 18.6 Å². The van der Waals surface area contributed by atoms with Crippen molar-refractivity contribution in [3.05, 3.63) is 34.4 Å². The first-order valence-corrected chi connectivity index (χ1v) is 3.78. The van der Waals surface area contributed by atoms with Gasteiger partial charge in [0.2, 0.25) is 0 Å². The predicted molar refractivity (Wildman–Crippen MR) is 56.0 cm³/mol. The molecule has 0 heterocycles. The van der Waals surface area contributed by atoms with Gasteiger partial charge in [0.05, 0.1) is 0 Å². The number of benzene rings is 1. The lowest BCUT2D eigenvalue weighted by molar-refractivity contribution is 0.426. The van der Waals surface area contributed by atoms with Crippen LogP contribution in [0.25, 0.3) is 0 Å². The first-order valence-electron chi connectivity index (χ1n) is 3.78. The summed E-state index contributed by atoms with van der Waals surface area (Å²) >= 11 is 0. The van der Waals surface area contributed by atoms with Gasteiger partial charge < -0.3 is 11.5 Å². The quantitative estimate of drug-likeness (QED) is 0.633. The third kappa shape index (κ3) is 2.63. The number of hydrogen-bond donors (Lipinski definition) is 2. The maximum Gasteiger partial charge on any atom is 0.166 e. The molecule has 1 aromatic carbocycles. The zero-order chi connectivity index (χ0) is 10.9. The molecular formula is C9H13ClF4N2. The van der Waals surface area contributed by atoms with Gasteiger partial charge in [-0.1, -0.05) is 7.43 Å². The van der Waals surface area contributed by atoms with E-state index in [0.29, 0.717) is 0 Å². The Morgan fingerprint density at radius 3 is 1.00 bits per heavy atom. The second kappa shape index (κ2) is 6.67. The Morgan fingerprint density at radius 1 is 0.688 bits per heavy atom. The lowest BCUT2D eigenvalue weighted by Gasteiger charge is -2.08. The molecule has 0 fully saturated rings. The van der Waals surface area contributed by atoms with E-state index >= 15 is 0 Å². The van der Waals surface area contributed by atoms with E-state index in [1.807, 2.05) is 0 Å². The van der Waals surface area contributed by atoms with Gasteiger partial charge in [-0.15, -0.1) is 12.4 Å². The Hall–Kier alpha value is -0.850. The van der Waals surface area contributed by atoms with Crippen molar-refractivity contribution in [2.24, 2.45) is 11.5 Å². The highest BCUT2D eigenvalue weighted by Gasteiger charge is 2.23. The van der Waals surface area contributed by atoms with E-state index in [1.54, 1.807) is 0 Å². The first kappa shape index (κ1) is 17.5. The monoisotopic (exact) mass is 260 g/mol. The second-order valence-corrected chi connectivity index (χ2v) is 2.62. The van der Waals surface area contributed by atoms with Crippen molar-refractivity contribution in [3.63, 3.8) is 0 Å². The molecule has 0 amide bonds. The molecule has 0 atom stereocenters. The summed E-state index contributed by atoms with van der Waals surface area (Å²) in [5.41, 5.74) is 8.26. The molecule has 0 unspecified atom stereocenters. The molecule has 0 aliphatic rings. The minimum Gasteiger partial charge on any atom is -0.326 e. The van der Waals surface area contributed by atoms with Crippen molar-refractivity contribution in [1.82, 2.24) is 0 Å². The summed E-state index contributed by atoms with van der Waals surface area (Å²) in [6.45, 7) is -1.23. The van der Waals surface area contributed by atoms with Crippen LogP contribution in [0.5, 0.6) is 0 Å². The molecule has 7 heteroatoms. The van der Waals surface area contributed by atoms with Gasteiger partial charge in [0.15, 0.2) is 23.3 Å². The zero-order valence-corrected chi connectivity index (χ0v) is 8.31. The molecule has 0 aliphatic heterocycles. The molecule has 2 nitrogen and oxygen atoms in total. The normalized spacial score (nSPS) is 9.38. The number of rotatable bonds is 2. The Morgan fingerprint density at radius 2 is 0.875 bits per heavy atom. The van der Waals surface area contributed by atoms with E-state index in [2.05, 4.69) is 0 Å². The van der Waals surface area contributed by atoms with Gasteiger partial charge in [-0.25, -0.2) is 17.6 Å². The van der Waals surface area contributed by atoms with Crippen molar-refractivity contribution in [2.45, 2.75) is 20.5 Å². The van der Waals surface area contributed by atoms with Crippen molar-refractivity contribution in [3.8, 4) is 0 Å². The summed E-state index contributed by atoms with van der Waals surface area (Å²) in [6, 6.07) is 0. The summed E-state index contributed by atoms with van der Waals surface area (Å²) in [7, 11) is 0. The predicted octanol–water partition coefficient (Wildman–Crippen LogP) is 2.22. The van der Waals surface area contributed by atoms with Crippen LogP contribution < -0.4 is 11.5 Å². The summed E-state index contributed by atoms with van der Waals surface area (Å²) < 4.78 is 51.9. The fourth-order valence-corrected chi connectivity index (χ4v) is 1.08. The lowest BCUT2D eigenvalue weighted by atomic mass is 10.1. The number of hydrogen-bond acceptors (Lipinski definition) is 2. The van der Waals surface area contributed by atoms with Crippen molar-refractivity contribution >= 4 is 12.4 Å². The van der Waals surface area contributed by atoms with Crippen LogP contribution in [-0.2, 0) is 13.1 Å². The van der Waals surface area contributed by atoms with Gasteiger partial charge in [0.1, 0.15) is 0 Å². The molecule has 0 aromatic heterocycles. The van der Waals surface area contributed by atoms with E-state index in [1.165, 1.54) is 0 Å². The summed E-state index contributed by atoms with van der Waals surface area (Å²) in [5.74, 6) is -5.92. The summed E-state index contributed by atoms with van der Waals surface area (Å²) in [6.07, 6.45) is 0. The van der Waals surface area contributed by atoms with Crippen molar-refractivity contribution < 1.29 is 17.6 Å². The minimum atomic E-state index is -1.48. The molecule has 0 saturated carbocycles. The van der Waals surface area contributed by atoms with Crippen LogP contribution in [0.2, 0.25) is 0 Å². The standard InChI is InChI=1S/C8H8F4N2.CH4.ClH/c9-5-3(1-13)6(10)8(12)4(2-14)7(5)11;;/h1-2,13-14H2;1H4;1H. The molecule has 0 saturated heterocycles.